The lowest BCUT2D eigenvalue weighted by molar-refractivity contribution is 0.0691. The average Bonchev–Trinajstić information content (AvgIpc) is 2.73. The van der Waals surface area contributed by atoms with Gasteiger partial charge in [-0.25, -0.2) is 9.18 Å². The Balaban J connectivity index is 2.16. The lowest BCUT2D eigenvalue weighted by Crippen LogP contribution is -2.04. The van der Waals surface area contributed by atoms with E-state index in [1.54, 1.807) is 6.92 Å². The standard InChI is InChI=1S/C11H9FN2O4/c1-6-13-10(14-18-6)5-17-9-3-2-7(12)4-8(9)11(15)16/h2-4H,5H2,1H3,(H,15,16). The predicted octanol–water partition coefficient (Wildman–Crippen LogP) is 1.79. The molecule has 1 aromatic carbocycles. The third-order valence-electron chi connectivity index (χ3n) is 2.10. The van der Waals surface area contributed by atoms with Crippen molar-refractivity contribution in [3.8, 4) is 5.75 Å². The maximum absolute atomic E-state index is 12.9. The van der Waals surface area contributed by atoms with E-state index in [0.29, 0.717) is 5.89 Å². The molecule has 2 rings (SSSR count). The van der Waals surface area contributed by atoms with Gasteiger partial charge in [-0.15, -0.1) is 0 Å². The Morgan fingerprint density at radius 1 is 1.56 bits per heavy atom. The third-order valence-corrected chi connectivity index (χ3v) is 2.10. The molecule has 0 fully saturated rings. The number of hydrogen-bond acceptors (Lipinski definition) is 5. The minimum atomic E-state index is -1.27. The van der Waals surface area contributed by atoms with Gasteiger partial charge in [-0.05, 0) is 18.2 Å². The van der Waals surface area contributed by atoms with Crippen molar-refractivity contribution in [2.75, 3.05) is 0 Å². The summed E-state index contributed by atoms with van der Waals surface area (Å²) in [6.07, 6.45) is 0. The summed E-state index contributed by atoms with van der Waals surface area (Å²) in [5, 5.41) is 12.5. The lowest BCUT2D eigenvalue weighted by Gasteiger charge is -2.06. The summed E-state index contributed by atoms with van der Waals surface area (Å²) < 4.78 is 22.9. The van der Waals surface area contributed by atoms with Gasteiger partial charge in [-0.3, -0.25) is 0 Å². The number of benzene rings is 1. The molecule has 0 radical (unpaired) electrons. The number of halogens is 1. The summed E-state index contributed by atoms with van der Waals surface area (Å²) in [5.74, 6) is -1.20. The van der Waals surface area contributed by atoms with Crippen molar-refractivity contribution in [2.45, 2.75) is 13.5 Å². The number of aryl methyl sites for hydroxylation is 1. The second kappa shape index (κ2) is 4.82. The summed E-state index contributed by atoms with van der Waals surface area (Å²) in [6, 6.07) is 3.24. The van der Waals surface area contributed by atoms with E-state index < -0.39 is 11.8 Å². The topological polar surface area (TPSA) is 85.5 Å². The fraction of sp³-hybridized carbons (Fsp3) is 0.182. The minimum Gasteiger partial charge on any atom is -0.485 e. The lowest BCUT2D eigenvalue weighted by atomic mass is 10.2. The number of nitrogens with zero attached hydrogens (tertiary/aromatic N) is 2. The number of carboxylic acids is 1. The molecule has 0 bridgehead atoms. The highest BCUT2D eigenvalue weighted by Crippen LogP contribution is 2.20. The SMILES string of the molecule is Cc1nc(COc2ccc(F)cc2C(=O)O)no1. The Kier molecular flexibility index (Phi) is 3.22. The molecule has 0 saturated heterocycles. The smallest absolute Gasteiger partial charge is 0.339 e. The minimum absolute atomic E-state index is 0.0475. The van der Waals surface area contributed by atoms with Gasteiger partial charge in [0.15, 0.2) is 6.61 Å². The van der Waals surface area contributed by atoms with Gasteiger partial charge in [0, 0.05) is 6.92 Å². The second-order valence-corrected chi connectivity index (χ2v) is 3.46. The van der Waals surface area contributed by atoms with Crippen LogP contribution in [0.2, 0.25) is 0 Å². The van der Waals surface area contributed by atoms with Crippen molar-refractivity contribution in [2.24, 2.45) is 0 Å². The van der Waals surface area contributed by atoms with Crippen molar-refractivity contribution < 1.29 is 23.6 Å². The van der Waals surface area contributed by atoms with Crippen molar-refractivity contribution in [3.63, 3.8) is 0 Å². The third kappa shape index (κ3) is 2.62. The Labute approximate surface area is 101 Å². The largest absolute Gasteiger partial charge is 0.485 e. The van der Waals surface area contributed by atoms with Crippen LogP contribution in [0.15, 0.2) is 22.7 Å². The van der Waals surface area contributed by atoms with Crippen LogP contribution in [0.5, 0.6) is 5.75 Å². The van der Waals surface area contributed by atoms with E-state index in [4.69, 9.17) is 14.4 Å². The molecule has 0 aliphatic rings. The monoisotopic (exact) mass is 252 g/mol. The zero-order valence-electron chi connectivity index (χ0n) is 9.38. The first kappa shape index (κ1) is 12.0. The van der Waals surface area contributed by atoms with E-state index in [1.807, 2.05) is 0 Å². The van der Waals surface area contributed by atoms with E-state index in [0.717, 1.165) is 12.1 Å². The van der Waals surface area contributed by atoms with E-state index in [2.05, 4.69) is 10.1 Å². The van der Waals surface area contributed by atoms with Crippen LogP contribution in [0.25, 0.3) is 0 Å². The molecular formula is C11H9FN2O4. The summed E-state index contributed by atoms with van der Waals surface area (Å²) in [6.45, 7) is 1.57. The van der Waals surface area contributed by atoms with Gasteiger partial charge in [0.1, 0.15) is 17.1 Å². The first-order valence-electron chi connectivity index (χ1n) is 5.01. The van der Waals surface area contributed by atoms with Crippen LogP contribution in [-0.4, -0.2) is 21.2 Å². The van der Waals surface area contributed by atoms with Crippen LogP contribution in [-0.2, 0) is 6.61 Å². The number of ether oxygens (including phenoxy) is 1. The molecule has 0 unspecified atom stereocenters. The summed E-state index contributed by atoms with van der Waals surface area (Å²) >= 11 is 0. The number of hydrogen-bond donors (Lipinski definition) is 1. The number of aromatic carboxylic acids is 1. The summed E-state index contributed by atoms with van der Waals surface area (Å²) in [7, 11) is 0. The van der Waals surface area contributed by atoms with Crippen LogP contribution >= 0.6 is 0 Å². The molecular weight excluding hydrogens is 243 g/mol. The number of carbonyl (C=O) groups is 1. The molecule has 94 valence electrons. The molecule has 0 aliphatic carbocycles. The highest BCUT2D eigenvalue weighted by atomic mass is 19.1. The molecule has 1 N–H and O–H groups in total. The van der Waals surface area contributed by atoms with Gasteiger partial charge in [-0.1, -0.05) is 5.16 Å². The van der Waals surface area contributed by atoms with Crippen LogP contribution in [0, 0.1) is 12.7 Å². The number of aromatic nitrogens is 2. The molecule has 0 aliphatic heterocycles. The van der Waals surface area contributed by atoms with Crippen molar-refractivity contribution in [3.05, 3.63) is 41.3 Å². The first-order valence-corrected chi connectivity index (χ1v) is 5.01. The first-order chi connectivity index (χ1) is 8.56. The van der Waals surface area contributed by atoms with E-state index in [-0.39, 0.29) is 23.7 Å². The Morgan fingerprint density at radius 3 is 2.94 bits per heavy atom. The van der Waals surface area contributed by atoms with E-state index >= 15 is 0 Å². The molecule has 1 heterocycles. The Hall–Kier alpha value is -2.44. The molecule has 0 atom stereocenters. The molecule has 18 heavy (non-hydrogen) atoms. The van der Waals surface area contributed by atoms with E-state index in [9.17, 15) is 9.18 Å². The Bertz CT molecular complexity index is 582. The highest BCUT2D eigenvalue weighted by molar-refractivity contribution is 5.90. The van der Waals surface area contributed by atoms with Crippen LogP contribution in [0.3, 0.4) is 0 Å². The molecule has 0 amide bonds. The molecule has 1 aromatic heterocycles. The van der Waals surface area contributed by atoms with Crippen LogP contribution in [0.4, 0.5) is 4.39 Å². The summed E-state index contributed by atoms with van der Waals surface area (Å²) in [5.41, 5.74) is -0.254. The van der Waals surface area contributed by atoms with Crippen LogP contribution in [0.1, 0.15) is 22.1 Å². The van der Waals surface area contributed by atoms with Gasteiger partial charge in [0.05, 0.1) is 0 Å². The predicted molar refractivity (Wildman–Crippen MR) is 56.7 cm³/mol. The van der Waals surface area contributed by atoms with Crippen molar-refractivity contribution >= 4 is 5.97 Å². The van der Waals surface area contributed by atoms with Crippen LogP contribution < -0.4 is 4.74 Å². The maximum atomic E-state index is 12.9. The zero-order valence-corrected chi connectivity index (χ0v) is 9.38. The number of carboxylic acid groups (broad SMARTS) is 1. The second-order valence-electron chi connectivity index (χ2n) is 3.46. The normalized spacial score (nSPS) is 10.3. The molecule has 0 spiro atoms. The average molecular weight is 252 g/mol. The van der Waals surface area contributed by atoms with Crippen molar-refractivity contribution in [1.29, 1.82) is 0 Å². The molecule has 7 heteroatoms. The maximum Gasteiger partial charge on any atom is 0.339 e. The molecule has 2 aromatic rings. The highest BCUT2D eigenvalue weighted by Gasteiger charge is 2.13. The van der Waals surface area contributed by atoms with Gasteiger partial charge in [0.2, 0.25) is 11.7 Å². The fourth-order valence-corrected chi connectivity index (χ4v) is 1.34. The van der Waals surface area contributed by atoms with Gasteiger partial charge >= 0.3 is 5.97 Å². The fourth-order valence-electron chi connectivity index (χ4n) is 1.34. The number of rotatable bonds is 4. The zero-order chi connectivity index (χ0) is 13.1. The van der Waals surface area contributed by atoms with Gasteiger partial charge in [-0.2, -0.15) is 4.98 Å². The molecule has 0 saturated carbocycles. The molecule has 6 nitrogen and oxygen atoms in total. The summed E-state index contributed by atoms with van der Waals surface area (Å²) in [4.78, 5) is 14.8. The van der Waals surface area contributed by atoms with Gasteiger partial charge in [0.25, 0.3) is 0 Å². The van der Waals surface area contributed by atoms with E-state index in [1.165, 1.54) is 6.07 Å². The quantitative estimate of drug-likeness (QED) is 0.892. The van der Waals surface area contributed by atoms with Crippen molar-refractivity contribution in [1.82, 2.24) is 10.1 Å². The van der Waals surface area contributed by atoms with Gasteiger partial charge < -0.3 is 14.4 Å². The Morgan fingerprint density at radius 2 is 2.33 bits per heavy atom.